The lowest BCUT2D eigenvalue weighted by molar-refractivity contribution is -0.141. The summed E-state index contributed by atoms with van der Waals surface area (Å²) in [6.07, 6.45) is 0.595. The van der Waals surface area contributed by atoms with E-state index in [0.717, 1.165) is 0 Å². The van der Waals surface area contributed by atoms with Crippen molar-refractivity contribution in [2.24, 2.45) is 5.92 Å². The van der Waals surface area contributed by atoms with Gasteiger partial charge in [-0.25, -0.2) is 4.39 Å². The van der Waals surface area contributed by atoms with Crippen LogP contribution in [0.1, 0.15) is 18.9 Å². The van der Waals surface area contributed by atoms with E-state index < -0.39 is 17.7 Å². The molecule has 0 radical (unpaired) electrons. The molecule has 0 aromatic heterocycles. The zero-order valence-electron chi connectivity index (χ0n) is 8.34. The first-order chi connectivity index (χ1) is 7.06. The SMILES string of the molecule is CC[C@@H](Cc1c(F)cccc1Cl)C(=O)O. The first-order valence-corrected chi connectivity index (χ1v) is 5.09. The van der Waals surface area contributed by atoms with Crippen LogP contribution in [-0.4, -0.2) is 11.1 Å². The molecule has 15 heavy (non-hydrogen) atoms. The fourth-order valence-corrected chi connectivity index (χ4v) is 1.62. The number of halogens is 2. The highest BCUT2D eigenvalue weighted by Gasteiger charge is 2.19. The minimum absolute atomic E-state index is 0.136. The Morgan fingerprint density at radius 2 is 2.27 bits per heavy atom. The van der Waals surface area contributed by atoms with Gasteiger partial charge in [0.15, 0.2) is 0 Å². The summed E-state index contributed by atoms with van der Waals surface area (Å²) in [6, 6.07) is 4.35. The topological polar surface area (TPSA) is 37.3 Å². The van der Waals surface area contributed by atoms with Crippen LogP contribution in [0, 0.1) is 11.7 Å². The number of carbonyl (C=O) groups is 1. The summed E-state index contributed by atoms with van der Waals surface area (Å²) in [6.45, 7) is 1.76. The Bertz CT molecular complexity index is 345. The molecular formula is C11H12ClFO2. The van der Waals surface area contributed by atoms with Crippen LogP contribution in [0.25, 0.3) is 0 Å². The molecule has 1 atom stereocenters. The Kier molecular flexibility index (Phi) is 4.09. The monoisotopic (exact) mass is 230 g/mol. The fourth-order valence-electron chi connectivity index (χ4n) is 1.38. The highest BCUT2D eigenvalue weighted by molar-refractivity contribution is 6.31. The number of hydrogen-bond donors (Lipinski definition) is 1. The Labute approximate surface area is 92.7 Å². The molecule has 0 heterocycles. The van der Waals surface area contributed by atoms with Crippen molar-refractivity contribution in [3.05, 3.63) is 34.6 Å². The van der Waals surface area contributed by atoms with Gasteiger partial charge < -0.3 is 5.11 Å². The molecule has 0 unspecified atom stereocenters. The highest BCUT2D eigenvalue weighted by Crippen LogP contribution is 2.23. The van der Waals surface area contributed by atoms with E-state index in [1.54, 1.807) is 13.0 Å². The van der Waals surface area contributed by atoms with Crippen molar-refractivity contribution in [2.75, 3.05) is 0 Å². The summed E-state index contributed by atoms with van der Waals surface area (Å²) in [4.78, 5) is 10.8. The zero-order valence-corrected chi connectivity index (χ0v) is 9.09. The summed E-state index contributed by atoms with van der Waals surface area (Å²) in [5.41, 5.74) is 0.286. The second kappa shape index (κ2) is 5.12. The van der Waals surface area contributed by atoms with E-state index in [9.17, 15) is 9.18 Å². The molecule has 0 saturated carbocycles. The van der Waals surface area contributed by atoms with E-state index >= 15 is 0 Å². The first kappa shape index (κ1) is 12.0. The summed E-state index contributed by atoms with van der Waals surface area (Å²) in [5.74, 6) is -1.95. The minimum atomic E-state index is -0.920. The molecule has 0 saturated heterocycles. The molecule has 1 aromatic rings. The molecule has 1 N–H and O–H groups in total. The lowest BCUT2D eigenvalue weighted by Gasteiger charge is -2.11. The molecule has 82 valence electrons. The standard InChI is InChI=1S/C11H12ClFO2/c1-2-7(11(14)15)6-8-9(12)4-3-5-10(8)13/h3-5,7H,2,6H2,1H3,(H,14,15)/t7-/m0/s1. The van der Waals surface area contributed by atoms with E-state index in [1.165, 1.54) is 12.1 Å². The molecular weight excluding hydrogens is 219 g/mol. The van der Waals surface area contributed by atoms with Gasteiger partial charge in [0.05, 0.1) is 5.92 Å². The lowest BCUT2D eigenvalue weighted by Crippen LogP contribution is -2.16. The Morgan fingerprint density at radius 3 is 2.73 bits per heavy atom. The van der Waals surface area contributed by atoms with Gasteiger partial charge in [0.2, 0.25) is 0 Å². The molecule has 0 amide bonds. The third-order valence-corrected chi connectivity index (χ3v) is 2.71. The van der Waals surface area contributed by atoms with Gasteiger partial charge in [0, 0.05) is 10.6 Å². The van der Waals surface area contributed by atoms with Crippen molar-refractivity contribution in [2.45, 2.75) is 19.8 Å². The van der Waals surface area contributed by atoms with Gasteiger partial charge in [-0.1, -0.05) is 24.6 Å². The normalized spacial score (nSPS) is 12.5. The van der Waals surface area contributed by atoms with Crippen LogP contribution in [0.15, 0.2) is 18.2 Å². The molecule has 0 aliphatic carbocycles. The van der Waals surface area contributed by atoms with E-state index in [0.29, 0.717) is 6.42 Å². The van der Waals surface area contributed by atoms with Crippen LogP contribution >= 0.6 is 11.6 Å². The van der Waals surface area contributed by atoms with Crippen molar-refractivity contribution in [1.82, 2.24) is 0 Å². The fraction of sp³-hybridized carbons (Fsp3) is 0.364. The van der Waals surface area contributed by atoms with Crippen LogP contribution in [-0.2, 0) is 11.2 Å². The van der Waals surface area contributed by atoms with Gasteiger partial charge in [-0.3, -0.25) is 4.79 Å². The zero-order chi connectivity index (χ0) is 11.4. The molecule has 0 fully saturated rings. The molecule has 0 aliphatic rings. The number of carboxylic acid groups (broad SMARTS) is 1. The van der Waals surface area contributed by atoms with Gasteiger partial charge in [0.1, 0.15) is 5.82 Å². The van der Waals surface area contributed by atoms with Crippen LogP contribution in [0.2, 0.25) is 5.02 Å². The smallest absolute Gasteiger partial charge is 0.306 e. The first-order valence-electron chi connectivity index (χ1n) is 4.72. The van der Waals surface area contributed by atoms with Gasteiger partial charge in [-0.2, -0.15) is 0 Å². The second-order valence-electron chi connectivity index (χ2n) is 3.35. The second-order valence-corrected chi connectivity index (χ2v) is 3.75. The van der Waals surface area contributed by atoms with E-state index in [-0.39, 0.29) is 17.0 Å². The van der Waals surface area contributed by atoms with Crippen LogP contribution in [0.5, 0.6) is 0 Å². The summed E-state index contributed by atoms with van der Waals surface area (Å²) in [7, 11) is 0. The maximum Gasteiger partial charge on any atom is 0.306 e. The number of aliphatic carboxylic acids is 1. The molecule has 1 rings (SSSR count). The van der Waals surface area contributed by atoms with Crippen LogP contribution < -0.4 is 0 Å². The number of hydrogen-bond acceptors (Lipinski definition) is 1. The predicted octanol–water partition coefficient (Wildman–Crippen LogP) is 3.13. The number of rotatable bonds is 4. The van der Waals surface area contributed by atoms with E-state index in [1.807, 2.05) is 0 Å². The van der Waals surface area contributed by atoms with Gasteiger partial charge in [-0.05, 0) is 25.0 Å². The van der Waals surface area contributed by atoms with Gasteiger partial charge in [-0.15, -0.1) is 0 Å². The van der Waals surface area contributed by atoms with E-state index in [2.05, 4.69) is 0 Å². The van der Waals surface area contributed by atoms with Crippen molar-refractivity contribution >= 4 is 17.6 Å². The predicted molar refractivity (Wildman–Crippen MR) is 56.5 cm³/mol. The van der Waals surface area contributed by atoms with Crippen molar-refractivity contribution in [3.63, 3.8) is 0 Å². The summed E-state index contributed by atoms with van der Waals surface area (Å²) >= 11 is 5.80. The van der Waals surface area contributed by atoms with Crippen molar-refractivity contribution in [3.8, 4) is 0 Å². The average molecular weight is 231 g/mol. The maximum absolute atomic E-state index is 13.3. The molecule has 0 spiro atoms. The maximum atomic E-state index is 13.3. The Hall–Kier alpha value is -1.09. The Morgan fingerprint density at radius 1 is 1.60 bits per heavy atom. The van der Waals surface area contributed by atoms with Crippen molar-refractivity contribution in [1.29, 1.82) is 0 Å². The molecule has 0 aliphatic heterocycles. The molecule has 2 nitrogen and oxygen atoms in total. The Balaban J connectivity index is 2.92. The van der Waals surface area contributed by atoms with Crippen LogP contribution in [0.4, 0.5) is 4.39 Å². The molecule has 1 aromatic carbocycles. The van der Waals surface area contributed by atoms with Crippen molar-refractivity contribution < 1.29 is 14.3 Å². The molecule has 0 bridgehead atoms. The largest absolute Gasteiger partial charge is 0.481 e. The van der Waals surface area contributed by atoms with Gasteiger partial charge >= 0.3 is 5.97 Å². The molecule has 4 heteroatoms. The third kappa shape index (κ3) is 2.93. The minimum Gasteiger partial charge on any atom is -0.481 e. The lowest BCUT2D eigenvalue weighted by atomic mass is 9.97. The summed E-state index contributed by atoms with van der Waals surface area (Å²) < 4.78 is 13.3. The van der Waals surface area contributed by atoms with Gasteiger partial charge in [0.25, 0.3) is 0 Å². The van der Waals surface area contributed by atoms with Crippen LogP contribution in [0.3, 0.4) is 0 Å². The third-order valence-electron chi connectivity index (χ3n) is 2.35. The summed E-state index contributed by atoms with van der Waals surface area (Å²) in [5, 5.41) is 9.14. The van der Waals surface area contributed by atoms with E-state index in [4.69, 9.17) is 16.7 Å². The number of benzene rings is 1. The quantitative estimate of drug-likeness (QED) is 0.863. The average Bonchev–Trinajstić information content (AvgIpc) is 2.17. The highest BCUT2D eigenvalue weighted by atomic mass is 35.5. The number of carboxylic acids is 1.